The van der Waals surface area contributed by atoms with E-state index in [1.807, 2.05) is 36.4 Å². The SMILES string of the molecule is C[C@@H](Oc1ccccc1)C(=O)NCc1ccco1. The van der Waals surface area contributed by atoms with Crippen molar-refractivity contribution >= 4 is 5.91 Å². The van der Waals surface area contributed by atoms with E-state index in [0.717, 1.165) is 5.76 Å². The first-order chi connectivity index (χ1) is 8.75. The molecule has 4 heteroatoms. The second-order valence-corrected chi connectivity index (χ2v) is 3.87. The van der Waals surface area contributed by atoms with Gasteiger partial charge < -0.3 is 14.5 Å². The van der Waals surface area contributed by atoms with E-state index in [0.29, 0.717) is 12.3 Å². The molecule has 4 nitrogen and oxygen atoms in total. The first-order valence-electron chi connectivity index (χ1n) is 5.77. The fraction of sp³-hybridized carbons (Fsp3) is 0.214. The standard InChI is InChI=1S/C14H15NO3/c1-11(18-12-6-3-2-4-7-12)14(16)15-10-13-8-5-9-17-13/h2-9,11H,10H2,1H3,(H,15,16)/t11-/m1/s1. The van der Waals surface area contributed by atoms with Crippen molar-refractivity contribution in [1.29, 1.82) is 0 Å². The van der Waals surface area contributed by atoms with Crippen molar-refractivity contribution in [2.24, 2.45) is 0 Å². The second kappa shape index (κ2) is 5.91. The van der Waals surface area contributed by atoms with Crippen LogP contribution >= 0.6 is 0 Å². The predicted octanol–water partition coefficient (Wildman–Crippen LogP) is 2.36. The lowest BCUT2D eigenvalue weighted by Crippen LogP contribution is -2.35. The molecule has 0 aliphatic heterocycles. The van der Waals surface area contributed by atoms with Gasteiger partial charge in [0.25, 0.3) is 5.91 Å². The summed E-state index contributed by atoms with van der Waals surface area (Å²) in [4.78, 5) is 11.8. The van der Waals surface area contributed by atoms with Crippen molar-refractivity contribution in [1.82, 2.24) is 5.32 Å². The smallest absolute Gasteiger partial charge is 0.261 e. The molecule has 0 bridgehead atoms. The van der Waals surface area contributed by atoms with Gasteiger partial charge in [0.2, 0.25) is 0 Å². The zero-order chi connectivity index (χ0) is 12.8. The average molecular weight is 245 g/mol. The largest absolute Gasteiger partial charge is 0.481 e. The molecule has 1 N–H and O–H groups in total. The molecule has 1 atom stereocenters. The summed E-state index contributed by atoms with van der Waals surface area (Å²) in [6, 6.07) is 12.8. The van der Waals surface area contributed by atoms with Crippen LogP contribution in [-0.2, 0) is 11.3 Å². The molecular weight excluding hydrogens is 230 g/mol. The maximum Gasteiger partial charge on any atom is 0.261 e. The zero-order valence-electron chi connectivity index (χ0n) is 10.1. The van der Waals surface area contributed by atoms with Gasteiger partial charge in [0.1, 0.15) is 11.5 Å². The molecule has 0 aliphatic carbocycles. The Labute approximate surface area is 106 Å². The summed E-state index contributed by atoms with van der Waals surface area (Å²) in [7, 11) is 0. The van der Waals surface area contributed by atoms with E-state index in [9.17, 15) is 4.79 Å². The van der Waals surface area contributed by atoms with Gasteiger partial charge in [-0.2, -0.15) is 0 Å². The number of benzene rings is 1. The van der Waals surface area contributed by atoms with Crippen molar-refractivity contribution in [2.45, 2.75) is 19.6 Å². The van der Waals surface area contributed by atoms with E-state index in [1.54, 1.807) is 19.3 Å². The molecule has 2 aromatic rings. The molecule has 1 aromatic heterocycles. The molecule has 0 fully saturated rings. The first-order valence-corrected chi connectivity index (χ1v) is 5.77. The molecule has 0 saturated carbocycles. The van der Waals surface area contributed by atoms with E-state index in [-0.39, 0.29) is 5.91 Å². The van der Waals surface area contributed by atoms with Crippen molar-refractivity contribution in [3.63, 3.8) is 0 Å². The highest BCUT2D eigenvalue weighted by molar-refractivity contribution is 5.80. The zero-order valence-corrected chi connectivity index (χ0v) is 10.1. The van der Waals surface area contributed by atoms with Crippen LogP contribution < -0.4 is 10.1 Å². The molecule has 1 aromatic carbocycles. The molecular formula is C14H15NO3. The monoisotopic (exact) mass is 245 g/mol. The number of hydrogen-bond acceptors (Lipinski definition) is 3. The number of para-hydroxylation sites is 1. The molecule has 1 heterocycles. The van der Waals surface area contributed by atoms with Crippen LogP contribution in [0.15, 0.2) is 53.1 Å². The molecule has 0 unspecified atom stereocenters. The fourth-order valence-corrected chi connectivity index (χ4v) is 1.49. The van der Waals surface area contributed by atoms with Crippen molar-refractivity contribution in [2.75, 3.05) is 0 Å². The molecule has 94 valence electrons. The lowest BCUT2D eigenvalue weighted by molar-refractivity contribution is -0.127. The maximum atomic E-state index is 11.8. The van der Waals surface area contributed by atoms with Crippen LogP contribution in [0.1, 0.15) is 12.7 Å². The van der Waals surface area contributed by atoms with Crippen LogP contribution in [0.25, 0.3) is 0 Å². The molecule has 0 saturated heterocycles. The maximum absolute atomic E-state index is 11.8. The number of amides is 1. The minimum absolute atomic E-state index is 0.171. The molecule has 2 rings (SSSR count). The minimum atomic E-state index is -0.539. The number of ether oxygens (including phenoxy) is 1. The molecule has 0 aliphatic rings. The summed E-state index contributed by atoms with van der Waals surface area (Å²) in [5.74, 6) is 1.23. The van der Waals surface area contributed by atoms with E-state index in [4.69, 9.17) is 9.15 Å². The van der Waals surface area contributed by atoms with Crippen molar-refractivity contribution in [3.8, 4) is 5.75 Å². The lowest BCUT2D eigenvalue weighted by atomic mass is 10.3. The van der Waals surface area contributed by atoms with Crippen LogP contribution in [0.5, 0.6) is 5.75 Å². The van der Waals surface area contributed by atoms with E-state index in [2.05, 4.69) is 5.32 Å². The molecule has 0 radical (unpaired) electrons. The first kappa shape index (κ1) is 12.2. The van der Waals surface area contributed by atoms with E-state index < -0.39 is 6.10 Å². The Balaban J connectivity index is 1.82. The minimum Gasteiger partial charge on any atom is -0.481 e. The number of carbonyl (C=O) groups is 1. The highest BCUT2D eigenvalue weighted by Crippen LogP contribution is 2.10. The van der Waals surface area contributed by atoms with Crippen molar-refractivity contribution in [3.05, 3.63) is 54.5 Å². The van der Waals surface area contributed by atoms with E-state index >= 15 is 0 Å². The number of furan rings is 1. The second-order valence-electron chi connectivity index (χ2n) is 3.87. The third-order valence-corrected chi connectivity index (χ3v) is 2.44. The Hall–Kier alpha value is -2.23. The summed E-state index contributed by atoms with van der Waals surface area (Å²) >= 11 is 0. The van der Waals surface area contributed by atoms with Crippen LogP contribution in [0.4, 0.5) is 0 Å². The van der Waals surface area contributed by atoms with Gasteiger partial charge in [-0.1, -0.05) is 18.2 Å². The lowest BCUT2D eigenvalue weighted by Gasteiger charge is -2.14. The van der Waals surface area contributed by atoms with E-state index in [1.165, 1.54) is 0 Å². The average Bonchev–Trinajstić information content (AvgIpc) is 2.90. The van der Waals surface area contributed by atoms with Gasteiger partial charge in [-0.25, -0.2) is 0 Å². The predicted molar refractivity (Wildman–Crippen MR) is 67.1 cm³/mol. The molecule has 0 spiro atoms. The summed E-state index contributed by atoms with van der Waals surface area (Å²) < 4.78 is 10.6. The summed E-state index contributed by atoms with van der Waals surface area (Å²) in [6.45, 7) is 2.08. The van der Waals surface area contributed by atoms with Crippen LogP contribution in [0, 0.1) is 0 Å². The van der Waals surface area contributed by atoms with Crippen molar-refractivity contribution < 1.29 is 13.9 Å². The Morgan fingerprint density at radius 2 is 2.06 bits per heavy atom. The molecule has 18 heavy (non-hydrogen) atoms. The van der Waals surface area contributed by atoms with Gasteiger partial charge in [-0.3, -0.25) is 4.79 Å². The summed E-state index contributed by atoms with van der Waals surface area (Å²) in [5, 5.41) is 2.75. The van der Waals surface area contributed by atoms with Gasteiger partial charge in [0.15, 0.2) is 6.10 Å². The Kier molecular flexibility index (Phi) is 4.02. The highest BCUT2D eigenvalue weighted by atomic mass is 16.5. The highest BCUT2D eigenvalue weighted by Gasteiger charge is 2.14. The normalized spacial score (nSPS) is 11.8. The topological polar surface area (TPSA) is 51.5 Å². The Morgan fingerprint density at radius 1 is 1.28 bits per heavy atom. The number of rotatable bonds is 5. The Bertz CT molecular complexity index is 479. The van der Waals surface area contributed by atoms with Gasteiger partial charge in [-0.15, -0.1) is 0 Å². The van der Waals surface area contributed by atoms with Gasteiger partial charge in [0, 0.05) is 0 Å². The van der Waals surface area contributed by atoms with Gasteiger partial charge in [-0.05, 0) is 31.2 Å². The number of hydrogen-bond donors (Lipinski definition) is 1. The van der Waals surface area contributed by atoms with Gasteiger partial charge in [0.05, 0.1) is 12.8 Å². The number of carbonyl (C=O) groups excluding carboxylic acids is 1. The fourth-order valence-electron chi connectivity index (χ4n) is 1.49. The number of nitrogens with one attached hydrogen (secondary N) is 1. The van der Waals surface area contributed by atoms with Crippen LogP contribution in [0.2, 0.25) is 0 Å². The Morgan fingerprint density at radius 3 is 2.72 bits per heavy atom. The summed E-state index contributed by atoms with van der Waals surface area (Å²) in [6.07, 6.45) is 1.04. The van der Waals surface area contributed by atoms with Crippen LogP contribution in [-0.4, -0.2) is 12.0 Å². The van der Waals surface area contributed by atoms with Crippen LogP contribution in [0.3, 0.4) is 0 Å². The quantitative estimate of drug-likeness (QED) is 0.879. The molecule has 1 amide bonds. The third kappa shape index (κ3) is 3.38. The third-order valence-electron chi connectivity index (χ3n) is 2.44. The van der Waals surface area contributed by atoms with Gasteiger partial charge >= 0.3 is 0 Å². The summed E-state index contributed by atoms with van der Waals surface area (Å²) in [5.41, 5.74) is 0.